The Morgan fingerprint density at radius 1 is 1.09 bits per heavy atom. The Bertz CT molecular complexity index is 602. The van der Waals surface area contributed by atoms with Gasteiger partial charge >= 0.3 is 0 Å². The molecule has 0 aliphatic carbocycles. The summed E-state index contributed by atoms with van der Waals surface area (Å²) >= 11 is 6.11. The molecule has 1 aliphatic heterocycles. The van der Waals surface area contributed by atoms with Crippen molar-refractivity contribution in [3.05, 3.63) is 64.9 Å². The van der Waals surface area contributed by atoms with E-state index in [4.69, 9.17) is 11.6 Å². The van der Waals surface area contributed by atoms with E-state index >= 15 is 0 Å². The lowest BCUT2D eigenvalue weighted by molar-refractivity contribution is 0.397. The first-order chi connectivity index (χ1) is 9.56. The third-order valence-corrected chi connectivity index (χ3v) is 4.48. The van der Waals surface area contributed by atoms with Gasteiger partial charge < -0.3 is 5.32 Å². The molecule has 1 saturated heterocycles. The largest absolute Gasteiger partial charge is 0.304 e. The minimum Gasteiger partial charge on any atom is -0.304 e. The third-order valence-electron chi connectivity index (χ3n) is 4.25. The predicted molar refractivity (Wildman–Crippen MR) is 97.5 cm³/mol. The average molecular weight is 360 g/mol. The molecule has 0 radical (unpaired) electrons. The van der Waals surface area contributed by atoms with Gasteiger partial charge in [0.05, 0.1) is 0 Å². The van der Waals surface area contributed by atoms with Crippen LogP contribution in [0.5, 0.6) is 0 Å². The molecule has 2 aromatic rings. The maximum Gasteiger partial charge on any atom is 0.0409 e. The second kappa shape index (κ2) is 7.65. The number of rotatable bonds is 2. The average Bonchev–Trinajstić information content (AvgIpc) is 2.76. The van der Waals surface area contributed by atoms with Gasteiger partial charge in [0, 0.05) is 34.9 Å². The van der Waals surface area contributed by atoms with E-state index in [1.807, 2.05) is 24.5 Å². The van der Waals surface area contributed by atoms with Crippen LogP contribution in [-0.4, -0.2) is 10.5 Å². The van der Waals surface area contributed by atoms with Crippen LogP contribution in [0.1, 0.15) is 43.4 Å². The highest BCUT2D eigenvalue weighted by molar-refractivity contribution is 6.30. The Kier molecular flexibility index (Phi) is 6.69. The van der Waals surface area contributed by atoms with Crippen molar-refractivity contribution >= 4 is 36.4 Å². The molecule has 0 spiro atoms. The summed E-state index contributed by atoms with van der Waals surface area (Å²) in [6.45, 7) is 4.53. The molecule has 0 saturated carbocycles. The molecule has 1 fully saturated rings. The van der Waals surface area contributed by atoms with Gasteiger partial charge in [-0.1, -0.05) is 23.7 Å². The second-order valence-electron chi connectivity index (χ2n) is 6.04. The molecule has 2 heterocycles. The highest BCUT2D eigenvalue weighted by atomic mass is 35.5. The lowest BCUT2D eigenvalue weighted by atomic mass is 9.83. The lowest BCUT2D eigenvalue weighted by Crippen LogP contribution is -2.37. The summed E-state index contributed by atoms with van der Waals surface area (Å²) in [4.78, 5) is 4.12. The first kappa shape index (κ1) is 19.2. The normalized spacial score (nSPS) is 22.5. The number of aromatic nitrogens is 1. The summed E-state index contributed by atoms with van der Waals surface area (Å²) in [5.74, 6) is 0.481. The molecule has 2 nitrogen and oxygen atoms in total. The van der Waals surface area contributed by atoms with Crippen molar-refractivity contribution < 1.29 is 0 Å². The number of nitrogens with zero attached hydrogens (tertiary/aromatic N) is 1. The molecule has 1 aromatic carbocycles. The number of hydrogen-bond donors (Lipinski definition) is 1. The first-order valence-electron chi connectivity index (χ1n) is 6.99. The van der Waals surface area contributed by atoms with Gasteiger partial charge in [-0.3, -0.25) is 4.98 Å². The summed E-state index contributed by atoms with van der Waals surface area (Å²) in [6, 6.07) is 12.7. The number of benzene rings is 1. The molecule has 22 heavy (non-hydrogen) atoms. The molecule has 1 N–H and O–H groups in total. The summed E-state index contributed by atoms with van der Waals surface area (Å²) in [5, 5.41) is 4.54. The molecule has 5 heteroatoms. The van der Waals surface area contributed by atoms with Crippen LogP contribution in [-0.2, 0) is 0 Å². The Hall–Kier alpha value is -0.800. The van der Waals surface area contributed by atoms with Crippen molar-refractivity contribution in [1.82, 2.24) is 10.3 Å². The SMILES string of the molecule is CC1(C)NC(c2cccc(Cl)c2)CC1c1ccncc1.Cl.Cl. The van der Waals surface area contributed by atoms with E-state index in [-0.39, 0.29) is 30.4 Å². The zero-order valence-corrected chi connectivity index (χ0v) is 15.0. The summed E-state index contributed by atoms with van der Waals surface area (Å²) in [5.41, 5.74) is 2.68. The van der Waals surface area contributed by atoms with Crippen molar-refractivity contribution in [2.75, 3.05) is 0 Å². The summed E-state index contributed by atoms with van der Waals surface area (Å²) in [6.07, 6.45) is 4.83. The van der Waals surface area contributed by atoms with Crippen LogP contribution < -0.4 is 5.32 Å². The van der Waals surface area contributed by atoms with Gasteiger partial charge in [-0.05, 0) is 55.7 Å². The van der Waals surface area contributed by atoms with E-state index in [1.165, 1.54) is 11.1 Å². The fraction of sp³-hybridized carbons (Fsp3) is 0.353. The van der Waals surface area contributed by atoms with E-state index in [2.05, 4.69) is 48.4 Å². The van der Waals surface area contributed by atoms with Gasteiger partial charge in [0.15, 0.2) is 0 Å². The van der Waals surface area contributed by atoms with Crippen molar-refractivity contribution in [1.29, 1.82) is 0 Å². The quantitative estimate of drug-likeness (QED) is 0.799. The molecule has 2 atom stereocenters. The maximum absolute atomic E-state index is 6.11. The summed E-state index contributed by atoms with van der Waals surface area (Å²) < 4.78 is 0. The summed E-state index contributed by atoms with van der Waals surface area (Å²) in [7, 11) is 0. The second-order valence-corrected chi connectivity index (χ2v) is 6.48. The zero-order valence-electron chi connectivity index (χ0n) is 12.6. The van der Waals surface area contributed by atoms with Crippen LogP contribution in [0.25, 0.3) is 0 Å². The molecule has 0 bridgehead atoms. The van der Waals surface area contributed by atoms with Crippen LogP contribution in [0.2, 0.25) is 5.02 Å². The molecular formula is C17H21Cl3N2. The molecular weight excluding hydrogens is 339 g/mol. The van der Waals surface area contributed by atoms with E-state index in [0.29, 0.717) is 12.0 Å². The minimum absolute atomic E-state index is 0. The van der Waals surface area contributed by atoms with Gasteiger partial charge in [0.1, 0.15) is 0 Å². The van der Waals surface area contributed by atoms with Crippen LogP contribution in [0, 0.1) is 0 Å². The van der Waals surface area contributed by atoms with Crippen molar-refractivity contribution in [2.45, 2.75) is 37.8 Å². The molecule has 3 rings (SSSR count). The highest BCUT2D eigenvalue weighted by Gasteiger charge is 2.41. The number of halogens is 3. The monoisotopic (exact) mass is 358 g/mol. The van der Waals surface area contributed by atoms with Gasteiger partial charge in [-0.2, -0.15) is 0 Å². The van der Waals surface area contributed by atoms with Crippen LogP contribution in [0.3, 0.4) is 0 Å². The fourth-order valence-corrected chi connectivity index (χ4v) is 3.43. The smallest absolute Gasteiger partial charge is 0.0409 e. The van der Waals surface area contributed by atoms with Gasteiger partial charge in [0.2, 0.25) is 0 Å². The topological polar surface area (TPSA) is 24.9 Å². The zero-order chi connectivity index (χ0) is 14.2. The van der Waals surface area contributed by atoms with Crippen molar-refractivity contribution in [3.8, 4) is 0 Å². The maximum atomic E-state index is 6.11. The van der Waals surface area contributed by atoms with Gasteiger partial charge in [-0.25, -0.2) is 0 Å². The molecule has 2 unspecified atom stereocenters. The minimum atomic E-state index is 0. The number of pyridine rings is 1. The number of nitrogens with one attached hydrogen (secondary N) is 1. The van der Waals surface area contributed by atoms with Crippen LogP contribution in [0.4, 0.5) is 0 Å². The first-order valence-corrected chi connectivity index (χ1v) is 7.37. The Morgan fingerprint density at radius 3 is 2.41 bits per heavy atom. The number of hydrogen-bond acceptors (Lipinski definition) is 2. The van der Waals surface area contributed by atoms with E-state index in [1.54, 1.807) is 0 Å². The third kappa shape index (κ3) is 3.94. The van der Waals surface area contributed by atoms with Crippen LogP contribution >= 0.6 is 36.4 Å². The molecule has 1 aromatic heterocycles. The predicted octanol–water partition coefficient (Wildman–Crippen LogP) is 5.18. The molecule has 0 amide bonds. The van der Waals surface area contributed by atoms with Gasteiger partial charge in [0.25, 0.3) is 0 Å². The Morgan fingerprint density at radius 2 is 1.77 bits per heavy atom. The molecule has 120 valence electrons. The lowest BCUT2D eigenvalue weighted by Gasteiger charge is -2.27. The van der Waals surface area contributed by atoms with Gasteiger partial charge in [-0.15, -0.1) is 24.8 Å². The Labute approximate surface area is 149 Å². The standard InChI is InChI=1S/C17H19ClN2.2ClH/c1-17(2)15(12-6-8-19-9-7-12)11-16(20-17)13-4-3-5-14(18)10-13;;/h3-10,15-16,20H,11H2,1-2H3;2*1H. The van der Waals surface area contributed by atoms with Crippen molar-refractivity contribution in [3.63, 3.8) is 0 Å². The molecule has 1 aliphatic rings. The van der Waals surface area contributed by atoms with Crippen LogP contribution in [0.15, 0.2) is 48.8 Å². The fourth-order valence-electron chi connectivity index (χ4n) is 3.23. The van der Waals surface area contributed by atoms with E-state index < -0.39 is 0 Å². The van der Waals surface area contributed by atoms with Crippen molar-refractivity contribution in [2.24, 2.45) is 0 Å². The van der Waals surface area contributed by atoms with E-state index in [0.717, 1.165) is 11.4 Å². The van der Waals surface area contributed by atoms with E-state index in [9.17, 15) is 0 Å². The Balaban J connectivity index is 0.00000121. The highest BCUT2D eigenvalue weighted by Crippen LogP contribution is 2.43.